The van der Waals surface area contributed by atoms with E-state index in [0.29, 0.717) is 24.2 Å². The maximum atomic E-state index is 12.3. The molecule has 0 fully saturated rings. The van der Waals surface area contributed by atoms with Gasteiger partial charge in [0.15, 0.2) is 5.78 Å². The van der Waals surface area contributed by atoms with Crippen LogP contribution in [0.1, 0.15) is 15.2 Å². The summed E-state index contributed by atoms with van der Waals surface area (Å²) in [5, 5.41) is 2.03. The van der Waals surface area contributed by atoms with Crippen LogP contribution in [0.15, 0.2) is 59.5 Å². The second-order valence-electron chi connectivity index (χ2n) is 4.95. The first-order valence-corrected chi connectivity index (χ1v) is 7.73. The summed E-state index contributed by atoms with van der Waals surface area (Å²) in [6, 6.07) is 13.2. The van der Waals surface area contributed by atoms with E-state index in [1.807, 2.05) is 29.6 Å². The molecule has 1 amide bonds. The van der Waals surface area contributed by atoms with Crippen LogP contribution in [0.5, 0.6) is 0 Å². The smallest absolute Gasteiger partial charge is 0.247 e. The molecule has 0 N–H and O–H groups in total. The Morgan fingerprint density at radius 3 is 2.67 bits per heavy atom. The average molecular weight is 297 g/mol. The summed E-state index contributed by atoms with van der Waals surface area (Å²) in [6.45, 7) is 1.07. The number of amides is 1. The summed E-state index contributed by atoms with van der Waals surface area (Å²) in [5.74, 6) is -0.117. The van der Waals surface area contributed by atoms with E-state index in [4.69, 9.17) is 0 Å². The molecule has 0 unspecified atom stereocenters. The van der Waals surface area contributed by atoms with Crippen molar-refractivity contribution in [2.45, 2.75) is 6.42 Å². The Morgan fingerprint density at radius 1 is 1.14 bits per heavy atom. The van der Waals surface area contributed by atoms with Gasteiger partial charge in [0.1, 0.15) is 0 Å². The number of Topliss-reactive ketones (excluding diaryl/α,β-unsaturated/α-hetero) is 1. The van der Waals surface area contributed by atoms with Gasteiger partial charge in [0.2, 0.25) is 5.91 Å². The van der Waals surface area contributed by atoms with Crippen LogP contribution in [0.25, 0.3) is 0 Å². The van der Waals surface area contributed by atoms with Crippen LogP contribution < -0.4 is 0 Å². The van der Waals surface area contributed by atoms with Gasteiger partial charge in [-0.1, -0.05) is 36.4 Å². The minimum absolute atomic E-state index is 0.0532. The van der Waals surface area contributed by atoms with Crippen molar-refractivity contribution < 1.29 is 9.59 Å². The molecular formula is C17H15NO2S. The fraction of sp³-hybridized carbons (Fsp3) is 0.176. The standard InChI is InChI=1S/C17H15NO2S/c19-16-11-14(17(20)13-5-2-1-3-6-13)12-18(16)9-8-15-7-4-10-21-15/h1-7,10-11H,8-9,12H2. The van der Waals surface area contributed by atoms with Gasteiger partial charge in [-0.15, -0.1) is 11.3 Å². The third kappa shape index (κ3) is 3.11. The van der Waals surface area contributed by atoms with Crippen LogP contribution in [0.4, 0.5) is 0 Å². The number of ketones is 1. The predicted molar refractivity (Wildman–Crippen MR) is 83.5 cm³/mol. The molecule has 1 aliphatic rings. The van der Waals surface area contributed by atoms with Crippen molar-refractivity contribution in [3.63, 3.8) is 0 Å². The Labute approximate surface area is 127 Å². The molecule has 106 valence electrons. The molecule has 1 aromatic carbocycles. The lowest BCUT2D eigenvalue weighted by atomic mass is 10.0. The van der Waals surface area contributed by atoms with E-state index in [0.717, 1.165) is 6.42 Å². The van der Waals surface area contributed by atoms with Gasteiger partial charge in [0.25, 0.3) is 0 Å². The van der Waals surface area contributed by atoms with E-state index in [1.165, 1.54) is 11.0 Å². The number of carbonyl (C=O) groups is 2. The number of thiophene rings is 1. The molecule has 0 bridgehead atoms. The third-order valence-electron chi connectivity index (χ3n) is 3.51. The van der Waals surface area contributed by atoms with E-state index >= 15 is 0 Å². The monoisotopic (exact) mass is 297 g/mol. The van der Waals surface area contributed by atoms with Gasteiger partial charge in [0.05, 0.1) is 6.54 Å². The molecule has 0 spiro atoms. The van der Waals surface area contributed by atoms with Crippen molar-refractivity contribution in [1.82, 2.24) is 4.90 Å². The molecular weight excluding hydrogens is 282 g/mol. The second-order valence-corrected chi connectivity index (χ2v) is 5.99. The van der Waals surface area contributed by atoms with Gasteiger partial charge in [-0.25, -0.2) is 0 Å². The van der Waals surface area contributed by atoms with Gasteiger partial charge < -0.3 is 4.90 Å². The molecule has 2 aromatic rings. The second kappa shape index (κ2) is 6.06. The highest BCUT2D eigenvalue weighted by molar-refractivity contribution is 7.09. The quantitative estimate of drug-likeness (QED) is 0.796. The maximum Gasteiger partial charge on any atom is 0.247 e. The number of rotatable bonds is 5. The number of hydrogen-bond acceptors (Lipinski definition) is 3. The summed E-state index contributed by atoms with van der Waals surface area (Å²) in [5.41, 5.74) is 1.22. The summed E-state index contributed by atoms with van der Waals surface area (Å²) in [6.07, 6.45) is 2.31. The van der Waals surface area contributed by atoms with Crippen molar-refractivity contribution in [2.75, 3.05) is 13.1 Å². The molecule has 0 aliphatic carbocycles. The highest BCUT2D eigenvalue weighted by Crippen LogP contribution is 2.17. The maximum absolute atomic E-state index is 12.3. The zero-order chi connectivity index (χ0) is 14.7. The molecule has 4 heteroatoms. The SMILES string of the molecule is O=C(C1=CC(=O)N(CCc2cccs2)C1)c1ccccc1. The first-order chi connectivity index (χ1) is 10.2. The zero-order valence-corrected chi connectivity index (χ0v) is 12.3. The van der Waals surface area contributed by atoms with Crippen molar-refractivity contribution in [3.05, 3.63) is 69.9 Å². The third-order valence-corrected chi connectivity index (χ3v) is 4.44. The van der Waals surface area contributed by atoms with Crippen molar-refractivity contribution in [3.8, 4) is 0 Å². The molecule has 3 rings (SSSR count). The summed E-state index contributed by atoms with van der Waals surface area (Å²) in [4.78, 5) is 27.3. The van der Waals surface area contributed by atoms with Gasteiger partial charge in [0, 0.05) is 28.6 Å². The topological polar surface area (TPSA) is 37.4 Å². The number of carbonyl (C=O) groups excluding carboxylic acids is 2. The Kier molecular flexibility index (Phi) is 3.97. The summed E-state index contributed by atoms with van der Waals surface area (Å²) >= 11 is 1.69. The van der Waals surface area contributed by atoms with Crippen LogP contribution in [0, 0.1) is 0 Å². The molecule has 0 radical (unpaired) electrons. The Balaban J connectivity index is 1.63. The molecule has 21 heavy (non-hydrogen) atoms. The lowest BCUT2D eigenvalue weighted by Gasteiger charge is -2.15. The Morgan fingerprint density at radius 2 is 1.95 bits per heavy atom. The first-order valence-electron chi connectivity index (χ1n) is 6.85. The van der Waals surface area contributed by atoms with Crippen molar-refractivity contribution in [1.29, 1.82) is 0 Å². The molecule has 1 aliphatic heterocycles. The van der Waals surface area contributed by atoms with Crippen LogP contribution in [0.2, 0.25) is 0 Å². The van der Waals surface area contributed by atoms with Crippen molar-refractivity contribution in [2.24, 2.45) is 0 Å². The summed E-state index contributed by atoms with van der Waals surface area (Å²) < 4.78 is 0. The predicted octanol–water partition coefficient (Wildman–Crippen LogP) is 2.94. The zero-order valence-electron chi connectivity index (χ0n) is 11.5. The number of nitrogens with zero attached hydrogens (tertiary/aromatic N) is 1. The summed E-state index contributed by atoms with van der Waals surface area (Å²) in [7, 11) is 0. The van der Waals surface area contributed by atoms with Gasteiger partial charge in [-0.3, -0.25) is 9.59 Å². The fourth-order valence-electron chi connectivity index (χ4n) is 2.37. The minimum Gasteiger partial charge on any atom is -0.334 e. The van der Waals surface area contributed by atoms with Gasteiger partial charge in [-0.05, 0) is 17.9 Å². The molecule has 0 saturated carbocycles. The van der Waals surface area contributed by atoms with Crippen LogP contribution in [0.3, 0.4) is 0 Å². The molecule has 1 aromatic heterocycles. The van der Waals surface area contributed by atoms with Gasteiger partial charge in [-0.2, -0.15) is 0 Å². The minimum atomic E-state index is -0.0640. The first kappa shape index (κ1) is 13.8. The van der Waals surface area contributed by atoms with Crippen molar-refractivity contribution >= 4 is 23.0 Å². The largest absolute Gasteiger partial charge is 0.334 e. The van der Waals surface area contributed by atoms with E-state index in [9.17, 15) is 9.59 Å². The van der Waals surface area contributed by atoms with E-state index < -0.39 is 0 Å². The molecule has 3 nitrogen and oxygen atoms in total. The molecule has 0 saturated heterocycles. The lowest BCUT2D eigenvalue weighted by molar-refractivity contribution is -0.124. The number of benzene rings is 1. The number of hydrogen-bond donors (Lipinski definition) is 0. The molecule has 2 heterocycles. The van der Waals surface area contributed by atoms with Crippen LogP contribution in [-0.2, 0) is 11.2 Å². The molecule has 0 atom stereocenters. The highest BCUT2D eigenvalue weighted by Gasteiger charge is 2.25. The van der Waals surface area contributed by atoms with Gasteiger partial charge >= 0.3 is 0 Å². The van der Waals surface area contributed by atoms with Crippen LogP contribution >= 0.6 is 11.3 Å². The average Bonchev–Trinajstić information content (AvgIpc) is 3.15. The Bertz CT molecular complexity index is 674. The normalized spacial score (nSPS) is 14.4. The van der Waals surface area contributed by atoms with E-state index in [-0.39, 0.29) is 11.7 Å². The lowest BCUT2D eigenvalue weighted by Crippen LogP contribution is -2.28. The van der Waals surface area contributed by atoms with Crippen LogP contribution in [-0.4, -0.2) is 29.7 Å². The fourth-order valence-corrected chi connectivity index (χ4v) is 3.07. The highest BCUT2D eigenvalue weighted by atomic mass is 32.1. The Hall–Kier alpha value is -2.20. The van der Waals surface area contributed by atoms with E-state index in [1.54, 1.807) is 28.4 Å². The van der Waals surface area contributed by atoms with E-state index in [2.05, 4.69) is 6.07 Å².